The van der Waals surface area contributed by atoms with Crippen LogP contribution in [0.5, 0.6) is 0 Å². The lowest BCUT2D eigenvalue weighted by atomic mass is 10.1. The molecular weight excluding hydrogens is 262 g/mol. The molecule has 0 amide bonds. The van der Waals surface area contributed by atoms with Gasteiger partial charge in [0, 0.05) is 30.5 Å². The number of hydrogen-bond acceptors (Lipinski definition) is 4. The molecule has 0 spiro atoms. The van der Waals surface area contributed by atoms with Crippen molar-refractivity contribution < 1.29 is 0 Å². The third kappa shape index (κ3) is 2.91. The number of aryl methyl sites for hydroxylation is 3. The van der Waals surface area contributed by atoms with Gasteiger partial charge in [-0.1, -0.05) is 13.8 Å². The van der Waals surface area contributed by atoms with Crippen LogP contribution in [0.1, 0.15) is 42.9 Å². The van der Waals surface area contributed by atoms with E-state index in [2.05, 4.69) is 38.1 Å². The zero-order valence-electron chi connectivity index (χ0n) is 13.9. The maximum Gasteiger partial charge on any atom is 0.165 e. The lowest BCUT2D eigenvalue weighted by Crippen LogP contribution is -2.09. The summed E-state index contributed by atoms with van der Waals surface area (Å²) in [7, 11) is 1.95. The maximum atomic E-state index is 4.77. The van der Waals surface area contributed by atoms with Gasteiger partial charge in [0.1, 0.15) is 5.82 Å². The molecule has 114 valence electrons. The van der Waals surface area contributed by atoms with Crippen molar-refractivity contribution in [1.82, 2.24) is 19.7 Å². The lowest BCUT2D eigenvalue weighted by molar-refractivity contribution is 0.731. The van der Waals surface area contributed by atoms with E-state index in [-0.39, 0.29) is 0 Å². The second-order valence-electron chi connectivity index (χ2n) is 5.41. The Balaban J connectivity index is 2.57. The van der Waals surface area contributed by atoms with Crippen molar-refractivity contribution in [2.75, 3.05) is 11.9 Å². The Morgan fingerprint density at radius 1 is 1.05 bits per heavy atom. The summed E-state index contributed by atoms with van der Waals surface area (Å²) in [5, 5.41) is 7.90. The molecule has 2 aromatic rings. The molecule has 0 fully saturated rings. The normalized spacial score (nSPS) is 11.0. The Morgan fingerprint density at radius 3 is 2.29 bits per heavy atom. The third-order valence-electron chi connectivity index (χ3n) is 3.84. The first-order valence-electron chi connectivity index (χ1n) is 7.61. The summed E-state index contributed by atoms with van der Waals surface area (Å²) in [4.78, 5) is 9.49. The number of nitrogens with zero attached hydrogens (tertiary/aromatic N) is 4. The SMILES string of the molecule is CCCNc1nc(-c2c(C)nn(C)c2C)nc(C)c1CC. The van der Waals surface area contributed by atoms with Gasteiger partial charge in [-0.25, -0.2) is 9.97 Å². The lowest BCUT2D eigenvalue weighted by Gasteiger charge is -2.13. The summed E-state index contributed by atoms with van der Waals surface area (Å²) >= 11 is 0. The first kappa shape index (κ1) is 15.5. The van der Waals surface area contributed by atoms with E-state index in [9.17, 15) is 0 Å². The highest BCUT2D eigenvalue weighted by Crippen LogP contribution is 2.27. The highest BCUT2D eigenvalue weighted by Gasteiger charge is 2.17. The Hall–Kier alpha value is -1.91. The van der Waals surface area contributed by atoms with Crippen LogP contribution >= 0.6 is 0 Å². The number of rotatable bonds is 5. The molecule has 0 aromatic carbocycles. The average molecular weight is 287 g/mol. The minimum Gasteiger partial charge on any atom is -0.370 e. The minimum absolute atomic E-state index is 0.770. The molecule has 21 heavy (non-hydrogen) atoms. The summed E-state index contributed by atoms with van der Waals surface area (Å²) in [5.74, 6) is 1.73. The molecule has 0 aliphatic heterocycles. The van der Waals surface area contributed by atoms with E-state index in [1.165, 1.54) is 5.56 Å². The smallest absolute Gasteiger partial charge is 0.165 e. The molecule has 0 saturated carbocycles. The molecule has 5 heteroatoms. The average Bonchev–Trinajstić information content (AvgIpc) is 2.69. The van der Waals surface area contributed by atoms with Gasteiger partial charge in [-0.15, -0.1) is 0 Å². The second-order valence-corrected chi connectivity index (χ2v) is 5.41. The summed E-state index contributed by atoms with van der Waals surface area (Å²) in [6.45, 7) is 11.3. The fraction of sp³-hybridized carbons (Fsp3) is 0.562. The van der Waals surface area contributed by atoms with Crippen LogP contribution in [-0.2, 0) is 13.5 Å². The first-order chi connectivity index (χ1) is 9.99. The molecule has 0 unspecified atom stereocenters. The van der Waals surface area contributed by atoms with E-state index in [0.717, 1.165) is 53.7 Å². The van der Waals surface area contributed by atoms with Gasteiger partial charge in [0.05, 0.1) is 11.3 Å². The van der Waals surface area contributed by atoms with E-state index in [1.54, 1.807) is 0 Å². The van der Waals surface area contributed by atoms with Crippen molar-refractivity contribution in [3.05, 3.63) is 22.6 Å². The Kier molecular flexibility index (Phi) is 4.60. The highest BCUT2D eigenvalue weighted by molar-refractivity contribution is 5.64. The summed E-state index contributed by atoms with van der Waals surface area (Å²) in [6, 6.07) is 0. The summed E-state index contributed by atoms with van der Waals surface area (Å²) in [6.07, 6.45) is 2.01. The van der Waals surface area contributed by atoms with Crippen molar-refractivity contribution in [2.24, 2.45) is 7.05 Å². The fourth-order valence-electron chi connectivity index (χ4n) is 2.62. The Bertz CT molecular complexity index is 643. The Labute approximate surface area is 126 Å². The number of aromatic nitrogens is 4. The predicted molar refractivity (Wildman–Crippen MR) is 86.6 cm³/mol. The van der Waals surface area contributed by atoms with Crippen LogP contribution in [0, 0.1) is 20.8 Å². The van der Waals surface area contributed by atoms with E-state index >= 15 is 0 Å². The molecule has 2 rings (SSSR count). The topological polar surface area (TPSA) is 55.6 Å². The van der Waals surface area contributed by atoms with Gasteiger partial charge < -0.3 is 5.32 Å². The minimum atomic E-state index is 0.770. The zero-order chi connectivity index (χ0) is 15.6. The van der Waals surface area contributed by atoms with Gasteiger partial charge in [0.2, 0.25) is 0 Å². The number of hydrogen-bond donors (Lipinski definition) is 1. The molecule has 0 bridgehead atoms. The molecule has 0 aliphatic rings. The third-order valence-corrected chi connectivity index (χ3v) is 3.84. The largest absolute Gasteiger partial charge is 0.370 e. The molecule has 0 saturated heterocycles. The molecule has 0 aliphatic carbocycles. The highest BCUT2D eigenvalue weighted by atomic mass is 15.3. The first-order valence-corrected chi connectivity index (χ1v) is 7.61. The van der Waals surface area contributed by atoms with E-state index in [0.29, 0.717) is 0 Å². The molecule has 0 atom stereocenters. The zero-order valence-corrected chi connectivity index (χ0v) is 13.9. The van der Waals surface area contributed by atoms with Crippen molar-refractivity contribution in [2.45, 2.75) is 47.5 Å². The van der Waals surface area contributed by atoms with Gasteiger partial charge in [0.15, 0.2) is 5.82 Å². The molecule has 2 aromatic heterocycles. The van der Waals surface area contributed by atoms with Crippen LogP contribution < -0.4 is 5.32 Å². The van der Waals surface area contributed by atoms with Gasteiger partial charge in [0.25, 0.3) is 0 Å². The maximum absolute atomic E-state index is 4.77. The summed E-state index contributed by atoms with van der Waals surface area (Å²) < 4.78 is 1.89. The van der Waals surface area contributed by atoms with Gasteiger partial charge >= 0.3 is 0 Å². The van der Waals surface area contributed by atoms with E-state index < -0.39 is 0 Å². The van der Waals surface area contributed by atoms with Crippen LogP contribution in [0.4, 0.5) is 5.82 Å². The van der Waals surface area contributed by atoms with Crippen LogP contribution in [-0.4, -0.2) is 26.3 Å². The van der Waals surface area contributed by atoms with E-state index in [4.69, 9.17) is 9.97 Å². The Morgan fingerprint density at radius 2 is 1.76 bits per heavy atom. The molecule has 5 nitrogen and oxygen atoms in total. The van der Waals surface area contributed by atoms with Gasteiger partial charge in [-0.05, 0) is 33.6 Å². The van der Waals surface area contributed by atoms with Gasteiger partial charge in [-0.3, -0.25) is 4.68 Å². The quantitative estimate of drug-likeness (QED) is 0.917. The van der Waals surface area contributed by atoms with Crippen LogP contribution in [0.2, 0.25) is 0 Å². The predicted octanol–water partition coefficient (Wildman–Crippen LogP) is 3.19. The standard InChI is InChI=1S/C16H25N5/c1-7-9-17-15-13(8-2)10(3)18-16(19-15)14-11(4)20-21(6)12(14)5/h7-9H2,1-6H3,(H,17,18,19). The van der Waals surface area contributed by atoms with Crippen LogP contribution in [0.15, 0.2) is 0 Å². The van der Waals surface area contributed by atoms with Gasteiger partial charge in [-0.2, -0.15) is 5.10 Å². The van der Waals surface area contributed by atoms with Crippen LogP contribution in [0.3, 0.4) is 0 Å². The molecular formula is C16H25N5. The van der Waals surface area contributed by atoms with E-state index in [1.807, 2.05) is 18.7 Å². The molecule has 1 N–H and O–H groups in total. The molecule has 2 heterocycles. The monoisotopic (exact) mass is 287 g/mol. The number of nitrogens with one attached hydrogen (secondary N) is 1. The van der Waals surface area contributed by atoms with Crippen molar-refractivity contribution in [3.8, 4) is 11.4 Å². The summed E-state index contributed by atoms with van der Waals surface area (Å²) in [5.41, 5.74) is 5.36. The fourth-order valence-corrected chi connectivity index (χ4v) is 2.62. The number of anilines is 1. The molecule has 0 radical (unpaired) electrons. The van der Waals surface area contributed by atoms with Crippen molar-refractivity contribution in [1.29, 1.82) is 0 Å². The van der Waals surface area contributed by atoms with Crippen molar-refractivity contribution in [3.63, 3.8) is 0 Å². The van der Waals surface area contributed by atoms with Crippen LogP contribution in [0.25, 0.3) is 11.4 Å². The van der Waals surface area contributed by atoms with Crippen molar-refractivity contribution >= 4 is 5.82 Å². The second kappa shape index (κ2) is 6.24.